The lowest BCUT2D eigenvalue weighted by atomic mass is 10.0. The third-order valence-corrected chi connectivity index (χ3v) is 5.12. The van der Waals surface area contributed by atoms with Crippen molar-refractivity contribution in [2.75, 3.05) is 17.7 Å². The van der Waals surface area contributed by atoms with E-state index in [1.54, 1.807) is 17.0 Å². The number of aryl methyl sites for hydroxylation is 1. The Morgan fingerprint density at radius 1 is 1.36 bits per heavy atom. The van der Waals surface area contributed by atoms with Gasteiger partial charge in [-0.3, -0.25) is 4.79 Å². The van der Waals surface area contributed by atoms with Crippen molar-refractivity contribution >= 4 is 27.2 Å². The lowest BCUT2D eigenvalue weighted by Crippen LogP contribution is -2.37. The predicted molar refractivity (Wildman–Crippen MR) is 89.1 cm³/mol. The number of sulfone groups is 1. The first-order chi connectivity index (χ1) is 11.8. The number of rotatable bonds is 4. The predicted octanol–water partition coefficient (Wildman–Crippen LogP) is 1.17. The fourth-order valence-electron chi connectivity index (χ4n) is 2.82. The molecule has 1 amide bonds. The second-order valence-electron chi connectivity index (χ2n) is 5.84. The van der Waals surface area contributed by atoms with Crippen LogP contribution in [0.1, 0.15) is 12.0 Å². The minimum Gasteiger partial charge on any atom is -0.358 e. The SMILES string of the molecule is CS(=O)(=O)c1ccc2c(c1)CCCN2C(=O)Cn1ccc([N+](=O)[O-])n1. The fraction of sp³-hybridized carbons (Fsp3) is 0.333. The highest BCUT2D eigenvalue weighted by molar-refractivity contribution is 7.90. The van der Waals surface area contributed by atoms with Gasteiger partial charge in [-0.05, 0) is 41.5 Å². The minimum atomic E-state index is -3.31. The van der Waals surface area contributed by atoms with Crippen molar-refractivity contribution in [3.05, 3.63) is 46.1 Å². The summed E-state index contributed by atoms with van der Waals surface area (Å²) in [4.78, 5) is 24.4. The Morgan fingerprint density at radius 3 is 2.76 bits per heavy atom. The molecule has 0 fully saturated rings. The molecule has 1 aromatic carbocycles. The van der Waals surface area contributed by atoms with Gasteiger partial charge in [-0.15, -0.1) is 0 Å². The molecule has 0 atom stereocenters. The van der Waals surface area contributed by atoms with Crippen LogP contribution in [0.5, 0.6) is 0 Å². The van der Waals surface area contributed by atoms with Crippen molar-refractivity contribution in [1.29, 1.82) is 0 Å². The molecule has 1 aliphatic rings. The molecule has 0 unspecified atom stereocenters. The van der Waals surface area contributed by atoms with Gasteiger partial charge in [0.05, 0.1) is 22.3 Å². The van der Waals surface area contributed by atoms with Crippen molar-refractivity contribution in [3.63, 3.8) is 0 Å². The van der Waals surface area contributed by atoms with E-state index in [1.165, 1.54) is 23.0 Å². The number of hydrogen-bond donors (Lipinski definition) is 0. The van der Waals surface area contributed by atoms with Crippen molar-refractivity contribution in [2.45, 2.75) is 24.3 Å². The van der Waals surface area contributed by atoms with E-state index in [4.69, 9.17) is 0 Å². The highest BCUT2D eigenvalue weighted by atomic mass is 32.2. The Balaban J connectivity index is 1.84. The molecule has 2 heterocycles. The van der Waals surface area contributed by atoms with E-state index in [0.29, 0.717) is 25.1 Å². The lowest BCUT2D eigenvalue weighted by Gasteiger charge is -2.29. The third kappa shape index (κ3) is 3.53. The summed E-state index contributed by atoms with van der Waals surface area (Å²) in [6, 6.07) is 5.95. The number of fused-ring (bicyclic) bond motifs is 1. The molecule has 0 saturated carbocycles. The van der Waals surface area contributed by atoms with Crippen LogP contribution in [0.15, 0.2) is 35.4 Å². The number of benzene rings is 1. The molecule has 0 saturated heterocycles. The number of carbonyl (C=O) groups excluding carboxylic acids is 1. The number of amides is 1. The quantitative estimate of drug-likeness (QED) is 0.594. The van der Waals surface area contributed by atoms with Crippen LogP contribution in [0.4, 0.5) is 11.5 Å². The first kappa shape index (κ1) is 17.1. The van der Waals surface area contributed by atoms with Gasteiger partial charge < -0.3 is 15.0 Å². The number of carbonyl (C=O) groups is 1. The van der Waals surface area contributed by atoms with Crippen molar-refractivity contribution in [2.24, 2.45) is 0 Å². The van der Waals surface area contributed by atoms with Crippen LogP contribution in [-0.2, 0) is 27.6 Å². The zero-order valence-electron chi connectivity index (χ0n) is 13.5. The second kappa shape index (κ2) is 6.28. The van der Waals surface area contributed by atoms with Gasteiger partial charge in [-0.25, -0.2) is 8.42 Å². The first-order valence-electron chi connectivity index (χ1n) is 7.57. The molecule has 0 N–H and O–H groups in total. The van der Waals surface area contributed by atoms with Crippen LogP contribution in [0, 0.1) is 10.1 Å². The number of nitrogens with zero attached hydrogens (tertiary/aromatic N) is 4. The lowest BCUT2D eigenvalue weighted by molar-refractivity contribution is -0.389. The van der Waals surface area contributed by atoms with Gasteiger partial charge in [-0.1, -0.05) is 0 Å². The van der Waals surface area contributed by atoms with Crippen LogP contribution in [-0.4, -0.2) is 41.8 Å². The number of hydrogen-bond acceptors (Lipinski definition) is 6. The first-order valence-corrected chi connectivity index (χ1v) is 9.46. The Labute approximate surface area is 143 Å². The number of anilines is 1. The molecule has 1 aliphatic heterocycles. The Hall–Kier alpha value is -2.75. The average molecular weight is 364 g/mol. The molecule has 1 aromatic heterocycles. The Kier molecular flexibility index (Phi) is 4.29. The zero-order valence-corrected chi connectivity index (χ0v) is 14.3. The molecular weight excluding hydrogens is 348 g/mol. The minimum absolute atomic E-state index is 0.124. The highest BCUT2D eigenvalue weighted by Gasteiger charge is 2.25. The topological polar surface area (TPSA) is 115 Å². The van der Waals surface area contributed by atoms with E-state index in [9.17, 15) is 23.3 Å². The van der Waals surface area contributed by atoms with Gasteiger partial charge >= 0.3 is 5.82 Å². The third-order valence-electron chi connectivity index (χ3n) is 4.01. The van der Waals surface area contributed by atoms with Crippen LogP contribution in [0.2, 0.25) is 0 Å². The van der Waals surface area contributed by atoms with Gasteiger partial charge in [0.1, 0.15) is 6.54 Å². The normalized spacial score (nSPS) is 14.2. The van der Waals surface area contributed by atoms with E-state index >= 15 is 0 Å². The van der Waals surface area contributed by atoms with Gasteiger partial charge in [0, 0.05) is 18.5 Å². The number of nitro groups is 1. The molecule has 0 spiro atoms. The molecule has 3 rings (SSSR count). The maximum atomic E-state index is 12.6. The van der Waals surface area contributed by atoms with E-state index in [2.05, 4.69) is 5.10 Å². The van der Waals surface area contributed by atoms with Crippen molar-refractivity contribution in [3.8, 4) is 0 Å². The van der Waals surface area contributed by atoms with Crippen molar-refractivity contribution < 1.29 is 18.1 Å². The fourth-order valence-corrected chi connectivity index (χ4v) is 3.50. The largest absolute Gasteiger partial charge is 0.389 e. The Bertz CT molecular complexity index is 951. The van der Waals surface area contributed by atoms with E-state index < -0.39 is 14.8 Å². The monoisotopic (exact) mass is 364 g/mol. The summed E-state index contributed by atoms with van der Waals surface area (Å²) in [6.07, 6.45) is 3.93. The van der Waals surface area contributed by atoms with Gasteiger partial charge in [0.25, 0.3) is 5.91 Å². The zero-order chi connectivity index (χ0) is 18.2. The van der Waals surface area contributed by atoms with Crippen molar-refractivity contribution in [1.82, 2.24) is 9.78 Å². The second-order valence-corrected chi connectivity index (χ2v) is 7.86. The molecule has 0 aliphatic carbocycles. The maximum Gasteiger partial charge on any atom is 0.389 e. The van der Waals surface area contributed by atoms with Crippen LogP contribution in [0.3, 0.4) is 0 Å². The summed E-state index contributed by atoms with van der Waals surface area (Å²) in [5.41, 5.74) is 1.47. The van der Waals surface area contributed by atoms with Crippen LogP contribution in [0.25, 0.3) is 0 Å². The molecule has 132 valence electrons. The van der Waals surface area contributed by atoms with Gasteiger partial charge in [0.15, 0.2) is 9.84 Å². The van der Waals surface area contributed by atoms with Gasteiger partial charge in [0.2, 0.25) is 0 Å². The number of aromatic nitrogens is 2. The van der Waals surface area contributed by atoms with E-state index in [-0.39, 0.29) is 23.2 Å². The maximum absolute atomic E-state index is 12.6. The summed E-state index contributed by atoms with van der Waals surface area (Å²) in [7, 11) is -3.31. The van der Waals surface area contributed by atoms with E-state index in [0.717, 1.165) is 11.8 Å². The summed E-state index contributed by atoms with van der Waals surface area (Å²) < 4.78 is 24.6. The summed E-state index contributed by atoms with van der Waals surface area (Å²) in [6.45, 7) is 0.383. The molecular formula is C15H16N4O5S. The highest BCUT2D eigenvalue weighted by Crippen LogP contribution is 2.29. The van der Waals surface area contributed by atoms with Crippen LogP contribution >= 0.6 is 0 Å². The summed E-state index contributed by atoms with van der Waals surface area (Å²) in [5, 5.41) is 14.4. The molecule has 0 radical (unpaired) electrons. The van der Waals surface area contributed by atoms with E-state index in [1.807, 2.05) is 0 Å². The molecule has 10 heteroatoms. The molecule has 2 aromatic rings. The summed E-state index contributed by atoms with van der Waals surface area (Å²) in [5.74, 6) is -0.573. The Morgan fingerprint density at radius 2 is 2.12 bits per heavy atom. The van der Waals surface area contributed by atoms with Crippen LogP contribution < -0.4 is 4.90 Å². The average Bonchev–Trinajstić information content (AvgIpc) is 3.01. The van der Waals surface area contributed by atoms with Gasteiger partial charge in [-0.2, -0.15) is 4.68 Å². The molecule has 9 nitrogen and oxygen atoms in total. The summed E-state index contributed by atoms with van der Waals surface area (Å²) >= 11 is 0. The smallest absolute Gasteiger partial charge is 0.358 e. The molecule has 0 bridgehead atoms. The standard InChI is InChI=1S/C15H16N4O5S/c1-25(23,24)12-4-5-13-11(9-12)3-2-7-18(13)15(20)10-17-8-6-14(16-17)19(21)22/h4-6,8-9H,2-3,7,10H2,1H3. The molecule has 25 heavy (non-hydrogen) atoms.